The predicted octanol–water partition coefficient (Wildman–Crippen LogP) is 2.91. The van der Waals surface area contributed by atoms with Crippen LogP contribution in [0.5, 0.6) is 0 Å². The Labute approximate surface area is 114 Å². The molecule has 1 aromatic carbocycles. The molecule has 3 heteroatoms. The standard InChI is InChI=1S/C16H22FNO/c1-2-18-15(9-11-5-3-4-6-14(11)17)13-10-12-7-8-16(13)19-12/h3-6,12-13,15-16,18H,2,7-10H2,1H3. The van der Waals surface area contributed by atoms with Gasteiger partial charge in [0.15, 0.2) is 0 Å². The van der Waals surface area contributed by atoms with Crippen LogP contribution in [0.1, 0.15) is 31.7 Å². The monoisotopic (exact) mass is 263 g/mol. The zero-order valence-electron chi connectivity index (χ0n) is 11.4. The molecule has 1 N–H and O–H groups in total. The minimum atomic E-state index is -0.0884. The van der Waals surface area contributed by atoms with Gasteiger partial charge in [-0.05, 0) is 43.9 Å². The van der Waals surface area contributed by atoms with E-state index in [9.17, 15) is 4.39 Å². The Morgan fingerprint density at radius 3 is 2.84 bits per heavy atom. The Bertz CT molecular complexity index is 437. The van der Waals surface area contributed by atoms with Crippen LogP contribution in [-0.2, 0) is 11.2 Å². The van der Waals surface area contributed by atoms with Gasteiger partial charge in [0.1, 0.15) is 5.82 Å². The van der Waals surface area contributed by atoms with E-state index in [1.807, 2.05) is 12.1 Å². The molecule has 104 valence electrons. The molecule has 1 aromatic rings. The van der Waals surface area contributed by atoms with E-state index in [4.69, 9.17) is 4.74 Å². The first-order chi connectivity index (χ1) is 9.28. The molecule has 19 heavy (non-hydrogen) atoms. The van der Waals surface area contributed by atoms with Gasteiger partial charge >= 0.3 is 0 Å². The number of nitrogens with one attached hydrogen (secondary N) is 1. The van der Waals surface area contributed by atoms with E-state index in [1.54, 1.807) is 12.1 Å². The summed E-state index contributed by atoms with van der Waals surface area (Å²) < 4.78 is 19.8. The fourth-order valence-electron chi connectivity index (χ4n) is 3.64. The molecule has 3 rings (SSSR count). The number of hydrogen-bond donors (Lipinski definition) is 1. The molecule has 0 radical (unpaired) electrons. The average Bonchev–Trinajstić information content (AvgIpc) is 3.03. The van der Waals surface area contributed by atoms with Crippen molar-refractivity contribution < 1.29 is 9.13 Å². The van der Waals surface area contributed by atoms with Crippen molar-refractivity contribution in [2.75, 3.05) is 6.54 Å². The second-order valence-electron chi connectivity index (χ2n) is 5.73. The highest BCUT2D eigenvalue weighted by Crippen LogP contribution is 2.41. The van der Waals surface area contributed by atoms with E-state index < -0.39 is 0 Å². The molecule has 2 heterocycles. The van der Waals surface area contributed by atoms with Crippen molar-refractivity contribution in [3.8, 4) is 0 Å². The molecule has 0 aromatic heterocycles. The number of rotatable bonds is 5. The minimum absolute atomic E-state index is 0.0884. The average molecular weight is 263 g/mol. The third-order valence-corrected chi connectivity index (χ3v) is 4.53. The van der Waals surface area contributed by atoms with Gasteiger partial charge in [-0.2, -0.15) is 0 Å². The number of likely N-dealkylation sites (N-methyl/N-ethyl adjacent to an activating group) is 1. The third-order valence-electron chi connectivity index (χ3n) is 4.53. The normalized spacial score (nSPS) is 30.7. The molecule has 0 aliphatic carbocycles. The molecule has 2 aliphatic heterocycles. The topological polar surface area (TPSA) is 21.3 Å². The van der Waals surface area contributed by atoms with Gasteiger partial charge in [-0.15, -0.1) is 0 Å². The van der Waals surface area contributed by atoms with Crippen molar-refractivity contribution in [1.29, 1.82) is 0 Å². The van der Waals surface area contributed by atoms with Crippen LogP contribution in [0, 0.1) is 11.7 Å². The van der Waals surface area contributed by atoms with Crippen molar-refractivity contribution >= 4 is 0 Å². The van der Waals surface area contributed by atoms with Crippen LogP contribution in [0.15, 0.2) is 24.3 Å². The molecule has 2 nitrogen and oxygen atoms in total. The molecular weight excluding hydrogens is 241 g/mol. The summed E-state index contributed by atoms with van der Waals surface area (Å²) in [7, 11) is 0. The number of hydrogen-bond acceptors (Lipinski definition) is 2. The van der Waals surface area contributed by atoms with Gasteiger partial charge in [-0.1, -0.05) is 25.1 Å². The quantitative estimate of drug-likeness (QED) is 0.882. The van der Waals surface area contributed by atoms with Crippen LogP contribution in [0.2, 0.25) is 0 Å². The van der Waals surface area contributed by atoms with Gasteiger partial charge < -0.3 is 10.1 Å². The Balaban J connectivity index is 1.73. The number of fused-ring (bicyclic) bond motifs is 2. The summed E-state index contributed by atoms with van der Waals surface area (Å²) >= 11 is 0. The lowest BCUT2D eigenvalue weighted by Gasteiger charge is -2.29. The number of halogens is 1. The zero-order valence-corrected chi connectivity index (χ0v) is 11.4. The smallest absolute Gasteiger partial charge is 0.126 e. The summed E-state index contributed by atoms with van der Waals surface area (Å²) in [6.07, 6.45) is 5.13. The van der Waals surface area contributed by atoms with Gasteiger partial charge in [0, 0.05) is 12.0 Å². The summed E-state index contributed by atoms with van der Waals surface area (Å²) in [5.41, 5.74) is 0.816. The summed E-state index contributed by atoms with van der Waals surface area (Å²) in [6.45, 7) is 3.04. The van der Waals surface area contributed by atoms with Crippen LogP contribution < -0.4 is 5.32 Å². The van der Waals surface area contributed by atoms with E-state index in [1.165, 1.54) is 12.8 Å². The molecule has 2 fully saturated rings. The molecular formula is C16H22FNO. The SMILES string of the molecule is CCNC(Cc1ccccc1F)C1CC2CCC1O2. The molecule has 2 aliphatic rings. The highest BCUT2D eigenvalue weighted by molar-refractivity contribution is 5.19. The van der Waals surface area contributed by atoms with Crippen LogP contribution in [0.4, 0.5) is 4.39 Å². The van der Waals surface area contributed by atoms with Crippen molar-refractivity contribution in [2.24, 2.45) is 5.92 Å². The van der Waals surface area contributed by atoms with E-state index >= 15 is 0 Å². The highest BCUT2D eigenvalue weighted by Gasteiger charge is 2.44. The first-order valence-electron chi connectivity index (χ1n) is 7.40. The fraction of sp³-hybridized carbons (Fsp3) is 0.625. The van der Waals surface area contributed by atoms with Gasteiger partial charge in [0.2, 0.25) is 0 Å². The Kier molecular flexibility index (Phi) is 3.85. The van der Waals surface area contributed by atoms with Crippen molar-refractivity contribution in [3.63, 3.8) is 0 Å². The molecule has 0 saturated carbocycles. The van der Waals surface area contributed by atoms with Crippen LogP contribution >= 0.6 is 0 Å². The Morgan fingerprint density at radius 1 is 1.37 bits per heavy atom. The Hall–Kier alpha value is -0.930. The van der Waals surface area contributed by atoms with E-state index in [-0.39, 0.29) is 5.82 Å². The predicted molar refractivity (Wildman–Crippen MR) is 73.6 cm³/mol. The zero-order chi connectivity index (χ0) is 13.2. The maximum atomic E-state index is 13.8. The third kappa shape index (κ3) is 2.67. The maximum absolute atomic E-state index is 13.8. The Morgan fingerprint density at radius 2 is 2.21 bits per heavy atom. The lowest BCUT2D eigenvalue weighted by Crippen LogP contribution is -2.42. The van der Waals surface area contributed by atoms with Gasteiger partial charge in [-0.3, -0.25) is 0 Å². The molecule has 0 amide bonds. The minimum Gasteiger partial charge on any atom is -0.375 e. The van der Waals surface area contributed by atoms with Gasteiger partial charge in [-0.25, -0.2) is 4.39 Å². The number of ether oxygens (including phenoxy) is 1. The highest BCUT2D eigenvalue weighted by atomic mass is 19.1. The summed E-state index contributed by atoms with van der Waals surface area (Å²) in [6, 6.07) is 7.45. The summed E-state index contributed by atoms with van der Waals surface area (Å²) in [5.74, 6) is 0.452. The molecule has 2 bridgehead atoms. The number of benzene rings is 1. The van der Waals surface area contributed by atoms with Crippen LogP contribution in [0.3, 0.4) is 0 Å². The van der Waals surface area contributed by atoms with Crippen molar-refractivity contribution in [2.45, 2.75) is 50.9 Å². The molecule has 2 saturated heterocycles. The van der Waals surface area contributed by atoms with E-state index in [0.29, 0.717) is 24.2 Å². The van der Waals surface area contributed by atoms with Crippen molar-refractivity contribution in [1.82, 2.24) is 5.32 Å². The second kappa shape index (κ2) is 5.59. The van der Waals surface area contributed by atoms with Crippen molar-refractivity contribution in [3.05, 3.63) is 35.6 Å². The molecule has 0 spiro atoms. The van der Waals surface area contributed by atoms with Gasteiger partial charge in [0.25, 0.3) is 0 Å². The molecule has 4 atom stereocenters. The summed E-state index contributed by atoms with van der Waals surface area (Å²) in [5, 5.41) is 3.54. The first-order valence-corrected chi connectivity index (χ1v) is 7.40. The largest absolute Gasteiger partial charge is 0.375 e. The van der Waals surface area contributed by atoms with Crippen LogP contribution in [0.25, 0.3) is 0 Å². The molecule has 4 unspecified atom stereocenters. The van der Waals surface area contributed by atoms with Crippen LogP contribution in [-0.4, -0.2) is 24.8 Å². The fourth-order valence-corrected chi connectivity index (χ4v) is 3.64. The van der Waals surface area contributed by atoms with E-state index in [2.05, 4.69) is 12.2 Å². The first kappa shape index (κ1) is 13.1. The maximum Gasteiger partial charge on any atom is 0.126 e. The lowest BCUT2D eigenvalue weighted by atomic mass is 9.81. The summed E-state index contributed by atoms with van der Waals surface area (Å²) in [4.78, 5) is 0. The lowest BCUT2D eigenvalue weighted by molar-refractivity contribution is 0.0858. The second-order valence-corrected chi connectivity index (χ2v) is 5.73. The van der Waals surface area contributed by atoms with Gasteiger partial charge in [0.05, 0.1) is 12.2 Å². The van der Waals surface area contributed by atoms with E-state index in [0.717, 1.165) is 24.9 Å².